The van der Waals surface area contributed by atoms with Gasteiger partial charge in [0.1, 0.15) is 11.9 Å². The number of carbonyl (C=O) groups is 1. The van der Waals surface area contributed by atoms with Crippen LogP contribution in [0.1, 0.15) is 25.5 Å². The molecule has 0 radical (unpaired) electrons. The molecule has 2 rings (SSSR count). The van der Waals surface area contributed by atoms with Crippen LogP contribution >= 0.6 is 0 Å². The van der Waals surface area contributed by atoms with E-state index in [0.29, 0.717) is 19.1 Å². The molecule has 19 heavy (non-hydrogen) atoms. The van der Waals surface area contributed by atoms with Crippen molar-refractivity contribution in [1.82, 2.24) is 10.6 Å². The first-order valence-electron chi connectivity index (χ1n) is 6.88. The van der Waals surface area contributed by atoms with Gasteiger partial charge in [0.2, 0.25) is 5.91 Å². The number of hydrogen-bond donors (Lipinski definition) is 2. The summed E-state index contributed by atoms with van der Waals surface area (Å²) in [7, 11) is 0. The van der Waals surface area contributed by atoms with Gasteiger partial charge >= 0.3 is 0 Å². The summed E-state index contributed by atoms with van der Waals surface area (Å²) < 4.78 is 10.8. The van der Waals surface area contributed by atoms with Crippen LogP contribution in [0.15, 0.2) is 22.8 Å². The van der Waals surface area contributed by atoms with Crippen LogP contribution in [0.4, 0.5) is 0 Å². The Balaban J connectivity index is 1.64. The highest BCUT2D eigenvalue weighted by atomic mass is 16.5. The number of hydrogen-bond acceptors (Lipinski definition) is 4. The van der Waals surface area contributed by atoms with Crippen molar-refractivity contribution in [2.45, 2.75) is 32.4 Å². The summed E-state index contributed by atoms with van der Waals surface area (Å²) in [6, 6.07) is 3.64. The number of rotatable bonds is 6. The minimum Gasteiger partial charge on any atom is -0.467 e. The van der Waals surface area contributed by atoms with Crippen molar-refractivity contribution < 1.29 is 13.9 Å². The highest BCUT2D eigenvalue weighted by Gasteiger charge is 2.18. The lowest BCUT2D eigenvalue weighted by atomic mass is 9.99. The van der Waals surface area contributed by atoms with Crippen molar-refractivity contribution in [2.75, 3.05) is 19.7 Å². The predicted octanol–water partition coefficient (Wildman–Crippen LogP) is 1.30. The Morgan fingerprint density at radius 1 is 1.58 bits per heavy atom. The van der Waals surface area contributed by atoms with Gasteiger partial charge in [0.15, 0.2) is 0 Å². The van der Waals surface area contributed by atoms with Crippen LogP contribution in [0.2, 0.25) is 0 Å². The van der Waals surface area contributed by atoms with Crippen LogP contribution in [0.3, 0.4) is 0 Å². The molecule has 2 N–H and O–H groups in total. The van der Waals surface area contributed by atoms with Gasteiger partial charge in [-0.1, -0.05) is 0 Å². The highest BCUT2D eigenvalue weighted by Crippen LogP contribution is 2.12. The molecular weight excluding hydrogens is 244 g/mol. The fraction of sp³-hybridized carbons (Fsp3) is 0.643. The van der Waals surface area contributed by atoms with Crippen molar-refractivity contribution in [3.8, 4) is 0 Å². The number of ether oxygens (including phenoxy) is 1. The zero-order chi connectivity index (χ0) is 13.5. The molecule has 0 aliphatic carbocycles. The van der Waals surface area contributed by atoms with Crippen LogP contribution in [0.5, 0.6) is 0 Å². The summed E-state index contributed by atoms with van der Waals surface area (Å²) in [4.78, 5) is 11.8. The number of nitrogens with one attached hydrogen (secondary N) is 2. The lowest BCUT2D eigenvalue weighted by Gasteiger charge is -2.23. The largest absolute Gasteiger partial charge is 0.467 e. The monoisotopic (exact) mass is 266 g/mol. The molecule has 1 atom stereocenters. The molecule has 0 spiro atoms. The Morgan fingerprint density at radius 3 is 3.05 bits per heavy atom. The Bertz CT molecular complexity index is 372. The average Bonchev–Trinajstić information content (AvgIpc) is 2.96. The zero-order valence-electron chi connectivity index (χ0n) is 11.4. The second-order valence-electron chi connectivity index (χ2n) is 4.97. The topological polar surface area (TPSA) is 63.5 Å². The molecule has 5 heteroatoms. The minimum absolute atomic E-state index is 0.0923. The number of carbonyl (C=O) groups excluding carboxylic acids is 1. The Hall–Kier alpha value is -1.33. The van der Waals surface area contributed by atoms with Gasteiger partial charge in [0.25, 0.3) is 0 Å². The summed E-state index contributed by atoms with van der Waals surface area (Å²) in [5, 5.41) is 6.12. The molecule has 1 unspecified atom stereocenters. The quantitative estimate of drug-likeness (QED) is 0.814. The van der Waals surface area contributed by atoms with Crippen molar-refractivity contribution in [3.63, 3.8) is 0 Å². The maximum Gasteiger partial charge on any atom is 0.249 e. The molecular formula is C14H22N2O3. The smallest absolute Gasteiger partial charge is 0.249 e. The van der Waals surface area contributed by atoms with Crippen molar-refractivity contribution in [2.24, 2.45) is 5.92 Å². The van der Waals surface area contributed by atoms with Gasteiger partial charge in [-0.3, -0.25) is 4.79 Å². The molecule has 0 bridgehead atoms. The first-order valence-corrected chi connectivity index (χ1v) is 6.88. The number of amides is 1. The SMILES string of the molecule is CC(OCC1CCNCC1)C(=O)NCc1ccco1. The van der Waals surface area contributed by atoms with E-state index in [0.717, 1.165) is 31.7 Å². The van der Waals surface area contributed by atoms with E-state index in [1.165, 1.54) is 0 Å². The lowest BCUT2D eigenvalue weighted by molar-refractivity contribution is -0.133. The molecule has 0 aromatic carbocycles. The minimum atomic E-state index is -0.412. The van der Waals surface area contributed by atoms with Gasteiger partial charge < -0.3 is 19.8 Å². The third-order valence-corrected chi connectivity index (χ3v) is 3.43. The van der Waals surface area contributed by atoms with Gasteiger partial charge in [0, 0.05) is 0 Å². The first kappa shape index (κ1) is 14.1. The summed E-state index contributed by atoms with van der Waals surface area (Å²) >= 11 is 0. The Kier molecular flexibility index (Phi) is 5.42. The van der Waals surface area contributed by atoms with Gasteiger partial charge in [-0.2, -0.15) is 0 Å². The molecule has 106 valence electrons. The maximum absolute atomic E-state index is 11.8. The maximum atomic E-state index is 11.8. The van der Waals surface area contributed by atoms with Gasteiger partial charge in [-0.25, -0.2) is 0 Å². The molecule has 1 aromatic rings. The third-order valence-electron chi connectivity index (χ3n) is 3.43. The van der Waals surface area contributed by atoms with E-state index in [1.54, 1.807) is 19.3 Å². The van der Waals surface area contributed by atoms with Gasteiger partial charge in [-0.15, -0.1) is 0 Å². The van der Waals surface area contributed by atoms with Crippen LogP contribution in [0.25, 0.3) is 0 Å². The molecule has 1 amide bonds. The highest BCUT2D eigenvalue weighted by molar-refractivity contribution is 5.80. The van der Waals surface area contributed by atoms with Crippen LogP contribution < -0.4 is 10.6 Å². The van der Waals surface area contributed by atoms with E-state index >= 15 is 0 Å². The lowest BCUT2D eigenvalue weighted by Crippen LogP contribution is -2.36. The average molecular weight is 266 g/mol. The molecule has 1 saturated heterocycles. The van der Waals surface area contributed by atoms with Crippen LogP contribution in [-0.4, -0.2) is 31.7 Å². The summed E-state index contributed by atoms with van der Waals surface area (Å²) in [6.07, 6.45) is 3.44. The number of piperidine rings is 1. The molecule has 1 aliphatic rings. The fourth-order valence-electron chi connectivity index (χ4n) is 2.14. The van der Waals surface area contributed by atoms with Gasteiger partial charge in [0.05, 0.1) is 19.4 Å². The van der Waals surface area contributed by atoms with Gasteiger partial charge in [-0.05, 0) is 50.9 Å². The Morgan fingerprint density at radius 2 is 2.37 bits per heavy atom. The van der Waals surface area contributed by atoms with E-state index in [2.05, 4.69) is 10.6 Å². The summed E-state index contributed by atoms with van der Waals surface area (Å²) in [5.74, 6) is 1.23. The van der Waals surface area contributed by atoms with Crippen LogP contribution in [0, 0.1) is 5.92 Å². The number of furan rings is 1. The molecule has 1 aromatic heterocycles. The normalized spacial score (nSPS) is 18.2. The predicted molar refractivity (Wildman–Crippen MR) is 71.6 cm³/mol. The van der Waals surface area contributed by atoms with Crippen molar-refractivity contribution >= 4 is 5.91 Å². The van der Waals surface area contributed by atoms with Crippen molar-refractivity contribution in [1.29, 1.82) is 0 Å². The van der Waals surface area contributed by atoms with E-state index < -0.39 is 6.10 Å². The molecule has 5 nitrogen and oxygen atoms in total. The van der Waals surface area contributed by atoms with Crippen LogP contribution in [-0.2, 0) is 16.1 Å². The van der Waals surface area contributed by atoms with E-state index in [9.17, 15) is 4.79 Å². The standard InChI is InChI=1S/C14H22N2O3/c1-11(19-10-12-4-6-15-7-5-12)14(17)16-9-13-3-2-8-18-13/h2-3,8,11-12,15H,4-7,9-10H2,1H3,(H,16,17). The van der Waals surface area contributed by atoms with E-state index in [-0.39, 0.29) is 5.91 Å². The second kappa shape index (κ2) is 7.31. The van der Waals surface area contributed by atoms with E-state index in [4.69, 9.17) is 9.15 Å². The molecule has 2 heterocycles. The summed E-state index contributed by atoms with van der Waals surface area (Å²) in [6.45, 7) is 4.96. The fourth-order valence-corrected chi connectivity index (χ4v) is 2.14. The molecule has 1 aliphatic heterocycles. The van der Waals surface area contributed by atoms with Crippen molar-refractivity contribution in [3.05, 3.63) is 24.2 Å². The summed E-state index contributed by atoms with van der Waals surface area (Å²) in [5.41, 5.74) is 0. The third kappa shape index (κ3) is 4.69. The first-order chi connectivity index (χ1) is 9.25. The Labute approximate surface area is 113 Å². The molecule has 1 fully saturated rings. The second-order valence-corrected chi connectivity index (χ2v) is 4.97. The van der Waals surface area contributed by atoms with E-state index in [1.807, 2.05) is 6.07 Å². The molecule has 0 saturated carbocycles. The zero-order valence-corrected chi connectivity index (χ0v) is 11.4.